The lowest BCUT2D eigenvalue weighted by atomic mass is 10.1. The Bertz CT molecular complexity index is 1070. The number of hydrogen-bond acceptors (Lipinski definition) is 4. The molecule has 0 radical (unpaired) electrons. The SMILES string of the molecule is Cc1nc2ccncc2cc1C(=O)Nc1cccc2cccnc12. The molecule has 0 fully saturated rings. The van der Waals surface area contributed by atoms with Gasteiger partial charge in [-0.15, -0.1) is 0 Å². The van der Waals surface area contributed by atoms with Gasteiger partial charge in [-0.05, 0) is 31.2 Å². The molecule has 3 aromatic heterocycles. The summed E-state index contributed by atoms with van der Waals surface area (Å²) in [6.07, 6.45) is 5.11. The highest BCUT2D eigenvalue weighted by Crippen LogP contribution is 2.22. The van der Waals surface area contributed by atoms with Gasteiger partial charge in [-0.25, -0.2) is 0 Å². The predicted molar refractivity (Wildman–Crippen MR) is 94.0 cm³/mol. The van der Waals surface area contributed by atoms with Gasteiger partial charge in [0.05, 0.1) is 28.0 Å². The van der Waals surface area contributed by atoms with Crippen molar-refractivity contribution in [2.75, 3.05) is 5.32 Å². The van der Waals surface area contributed by atoms with Crippen LogP contribution in [0.1, 0.15) is 16.1 Å². The smallest absolute Gasteiger partial charge is 0.257 e. The monoisotopic (exact) mass is 314 g/mol. The number of pyridine rings is 3. The summed E-state index contributed by atoms with van der Waals surface area (Å²) in [5.41, 5.74) is 3.49. The van der Waals surface area contributed by atoms with E-state index in [-0.39, 0.29) is 5.91 Å². The summed E-state index contributed by atoms with van der Waals surface area (Å²) in [5, 5.41) is 4.76. The number of carbonyl (C=O) groups excluding carboxylic acids is 1. The topological polar surface area (TPSA) is 67.8 Å². The molecule has 0 saturated heterocycles. The van der Waals surface area contributed by atoms with E-state index in [1.54, 1.807) is 18.6 Å². The highest BCUT2D eigenvalue weighted by Gasteiger charge is 2.13. The molecule has 1 N–H and O–H groups in total. The Morgan fingerprint density at radius 1 is 1.04 bits per heavy atom. The minimum Gasteiger partial charge on any atom is -0.320 e. The van der Waals surface area contributed by atoms with Gasteiger partial charge in [-0.1, -0.05) is 18.2 Å². The summed E-state index contributed by atoms with van der Waals surface area (Å²) in [5.74, 6) is -0.205. The van der Waals surface area contributed by atoms with Crippen molar-refractivity contribution >= 4 is 33.4 Å². The van der Waals surface area contributed by atoms with Crippen molar-refractivity contribution in [2.24, 2.45) is 0 Å². The third-order valence-corrected chi connectivity index (χ3v) is 3.93. The molecule has 4 aromatic rings. The Balaban J connectivity index is 1.75. The quantitative estimate of drug-likeness (QED) is 0.612. The molecule has 116 valence electrons. The molecule has 0 aliphatic carbocycles. The number of carbonyl (C=O) groups is 1. The molecule has 0 aliphatic heterocycles. The van der Waals surface area contributed by atoms with Crippen LogP contribution in [0.4, 0.5) is 5.69 Å². The minimum absolute atomic E-state index is 0.205. The van der Waals surface area contributed by atoms with Crippen LogP contribution in [0.2, 0.25) is 0 Å². The first kappa shape index (κ1) is 14.3. The summed E-state index contributed by atoms with van der Waals surface area (Å²) < 4.78 is 0. The second kappa shape index (κ2) is 5.70. The van der Waals surface area contributed by atoms with Gasteiger partial charge in [0.1, 0.15) is 0 Å². The van der Waals surface area contributed by atoms with Gasteiger partial charge in [-0.3, -0.25) is 19.7 Å². The maximum atomic E-state index is 12.7. The molecule has 0 aliphatic rings. The van der Waals surface area contributed by atoms with Gasteiger partial charge in [0.15, 0.2) is 0 Å². The molecule has 1 aromatic carbocycles. The molecule has 0 bridgehead atoms. The molecule has 0 spiro atoms. The molecule has 4 rings (SSSR count). The van der Waals surface area contributed by atoms with Crippen molar-refractivity contribution in [3.05, 3.63) is 72.3 Å². The molecule has 0 saturated carbocycles. The van der Waals surface area contributed by atoms with Crippen LogP contribution in [0.25, 0.3) is 21.8 Å². The lowest BCUT2D eigenvalue weighted by Gasteiger charge is -2.10. The van der Waals surface area contributed by atoms with E-state index < -0.39 is 0 Å². The van der Waals surface area contributed by atoms with Crippen LogP contribution in [0, 0.1) is 6.92 Å². The summed E-state index contributed by atoms with van der Waals surface area (Å²) >= 11 is 0. The Labute approximate surface area is 138 Å². The van der Waals surface area contributed by atoms with Crippen molar-refractivity contribution in [2.45, 2.75) is 6.92 Å². The van der Waals surface area contributed by atoms with E-state index in [0.29, 0.717) is 16.9 Å². The zero-order chi connectivity index (χ0) is 16.5. The fourth-order valence-corrected chi connectivity index (χ4v) is 2.74. The summed E-state index contributed by atoms with van der Waals surface area (Å²) in [6, 6.07) is 13.2. The number of aryl methyl sites for hydroxylation is 1. The van der Waals surface area contributed by atoms with E-state index in [9.17, 15) is 4.79 Å². The molecule has 24 heavy (non-hydrogen) atoms. The van der Waals surface area contributed by atoms with Crippen molar-refractivity contribution in [1.82, 2.24) is 15.0 Å². The molecular weight excluding hydrogens is 300 g/mol. The number of aromatic nitrogens is 3. The fraction of sp³-hybridized carbons (Fsp3) is 0.0526. The van der Waals surface area contributed by atoms with Crippen LogP contribution in [-0.2, 0) is 0 Å². The molecule has 3 heterocycles. The molecular formula is C19H14N4O. The largest absolute Gasteiger partial charge is 0.320 e. The van der Waals surface area contributed by atoms with Gasteiger partial charge < -0.3 is 5.32 Å². The number of fused-ring (bicyclic) bond motifs is 2. The standard InChI is InChI=1S/C19H14N4O/c1-12-15(10-14-11-20-9-7-16(14)22-12)19(24)23-17-6-2-4-13-5-3-8-21-18(13)17/h2-11H,1H3,(H,23,24). The number of amides is 1. The van der Waals surface area contributed by atoms with E-state index >= 15 is 0 Å². The van der Waals surface area contributed by atoms with E-state index in [0.717, 1.165) is 21.8 Å². The van der Waals surface area contributed by atoms with Gasteiger partial charge in [-0.2, -0.15) is 0 Å². The van der Waals surface area contributed by atoms with Crippen molar-refractivity contribution in [1.29, 1.82) is 0 Å². The Morgan fingerprint density at radius 2 is 1.92 bits per heavy atom. The summed E-state index contributed by atoms with van der Waals surface area (Å²) in [4.78, 5) is 25.7. The van der Waals surface area contributed by atoms with Gasteiger partial charge in [0, 0.05) is 29.4 Å². The maximum Gasteiger partial charge on any atom is 0.257 e. The maximum absolute atomic E-state index is 12.7. The lowest BCUT2D eigenvalue weighted by molar-refractivity contribution is 0.102. The molecule has 1 amide bonds. The van der Waals surface area contributed by atoms with Crippen LogP contribution in [0.5, 0.6) is 0 Å². The van der Waals surface area contributed by atoms with Gasteiger partial charge in [0.25, 0.3) is 5.91 Å². The predicted octanol–water partition coefficient (Wildman–Crippen LogP) is 3.74. The van der Waals surface area contributed by atoms with E-state index in [1.807, 2.05) is 49.4 Å². The van der Waals surface area contributed by atoms with Gasteiger partial charge in [0.2, 0.25) is 0 Å². The van der Waals surface area contributed by atoms with Crippen molar-refractivity contribution in [3.8, 4) is 0 Å². The highest BCUT2D eigenvalue weighted by atomic mass is 16.1. The number of nitrogens with zero attached hydrogens (tertiary/aromatic N) is 3. The number of para-hydroxylation sites is 1. The minimum atomic E-state index is -0.205. The first-order valence-corrected chi connectivity index (χ1v) is 7.59. The number of nitrogens with one attached hydrogen (secondary N) is 1. The summed E-state index contributed by atoms with van der Waals surface area (Å²) in [6.45, 7) is 1.83. The van der Waals surface area contributed by atoms with Crippen LogP contribution < -0.4 is 5.32 Å². The molecule has 0 atom stereocenters. The zero-order valence-electron chi connectivity index (χ0n) is 13.0. The second-order valence-corrected chi connectivity index (χ2v) is 5.52. The first-order valence-electron chi connectivity index (χ1n) is 7.59. The average molecular weight is 314 g/mol. The Morgan fingerprint density at radius 3 is 2.83 bits per heavy atom. The van der Waals surface area contributed by atoms with Crippen LogP contribution >= 0.6 is 0 Å². The third-order valence-electron chi connectivity index (χ3n) is 3.93. The van der Waals surface area contributed by atoms with Crippen molar-refractivity contribution in [3.63, 3.8) is 0 Å². The number of benzene rings is 1. The summed E-state index contributed by atoms with van der Waals surface area (Å²) in [7, 11) is 0. The van der Waals surface area contributed by atoms with E-state index in [1.165, 1.54) is 0 Å². The van der Waals surface area contributed by atoms with Crippen LogP contribution in [0.15, 0.2) is 61.1 Å². The van der Waals surface area contributed by atoms with E-state index in [4.69, 9.17) is 0 Å². The lowest BCUT2D eigenvalue weighted by Crippen LogP contribution is -2.14. The normalized spacial score (nSPS) is 10.9. The van der Waals surface area contributed by atoms with Crippen LogP contribution in [-0.4, -0.2) is 20.9 Å². The fourth-order valence-electron chi connectivity index (χ4n) is 2.74. The Hall–Kier alpha value is -3.34. The second-order valence-electron chi connectivity index (χ2n) is 5.52. The van der Waals surface area contributed by atoms with E-state index in [2.05, 4.69) is 20.3 Å². The zero-order valence-corrected chi connectivity index (χ0v) is 13.0. The van der Waals surface area contributed by atoms with Gasteiger partial charge >= 0.3 is 0 Å². The number of rotatable bonds is 2. The average Bonchev–Trinajstić information content (AvgIpc) is 2.61. The van der Waals surface area contributed by atoms with Crippen molar-refractivity contribution < 1.29 is 4.79 Å². The molecule has 5 nitrogen and oxygen atoms in total. The molecule has 5 heteroatoms. The third kappa shape index (κ3) is 2.46. The van der Waals surface area contributed by atoms with Crippen LogP contribution in [0.3, 0.4) is 0 Å². The Kier molecular flexibility index (Phi) is 3.39. The number of anilines is 1. The first-order chi connectivity index (χ1) is 11.7. The molecule has 0 unspecified atom stereocenters. The number of hydrogen-bond donors (Lipinski definition) is 1. The highest BCUT2D eigenvalue weighted by molar-refractivity contribution is 6.10.